The van der Waals surface area contributed by atoms with Gasteiger partial charge in [0.05, 0.1) is 0 Å². The van der Waals surface area contributed by atoms with Crippen LogP contribution in [0.5, 0.6) is 0 Å². The number of rotatable bonds is 1. The molecular weight excluding hydrogens is 186 g/mol. The van der Waals surface area contributed by atoms with Crippen LogP contribution in [0.1, 0.15) is 39.0 Å². The van der Waals surface area contributed by atoms with E-state index in [1.54, 1.807) is 6.92 Å². The van der Waals surface area contributed by atoms with E-state index < -0.39 is 0 Å². The van der Waals surface area contributed by atoms with Crippen LogP contribution in [-0.4, -0.2) is 23.9 Å². The second-order valence-corrected chi connectivity index (χ2v) is 6.05. The maximum atomic E-state index is 11.5. The quantitative estimate of drug-likeness (QED) is 0.646. The highest BCUT2D eigenvalue weighted by Crippen LogP contribution is 2.54. The molecule has 1 amide bonds. The number of hydrogen-bond acceptors (Lipinski definition) is 1. The molecule has 2 heteroatoms. The Bertz CT molecular complexity index is 258. The third-order valence-corrected chi connectivity index (χ3v) is 5.12. The molecule has 0 N–H and O–H groups in total. The molecule has 0 aliphatic heterocycles. The van der Waals surface area contributed by atoms with Crippen molar-refractivity contribution in [3.63, 3.8) is 0 Å². The van der Waals surface area contributed by atoms with Crippen LogP contribution in [-0.2, 0) is 4.79 Å². The van der Waals surface area contributed by atoms with Gasteiger partial charge in [-0.15, -0.1) is 0 Å². The molecular formula is C13H21NO. The van der Waals surface area contributed by atoms with Crippen molar-refractivity contribution in [3.8, 4) is 0 Å². The summed E-state index contributed by atoms with van der Waals surface area (Å²) in [7, 11) is 2.01. The van der Waals surface area contributed by atoms with Crippen molar-refractivity contribution in [2.24, 2.45) is 23.7 Å². The Hall–Kier alpha value is -0.530. The Morgan fingerprint density at radius 3 is 1.87 bits per heavy atom. The lowest BCUT2D eigenvalue weighted by Gasteiger charge is -2.56. The molecule has 0 aromatic carbocycles. The number of carbonyl (C=O) groups is 1. The SMILES string of the molecule is CC(=O)N(C)C1C2CC3CC(C2)CC1C3. The molecule has 15 heavy (non-hydrogen) atoms. The van der Waals surface area contributed by atoms with Gasteiger partial charge >= 0.3 is 0 Å². The van der Waals surface area contributed by atoms with Gasteiger partial charge in [0.25, 0.3) is 0 Å². The van der Waals surface area contributed by atoms with Crippen molar-refractivity contribution in [1.29, 1.82) is 0 Å². The smallest absolute Gasteiger partial charge is 0.219 e. The Labute approximate surface area is 92.0 Å². The maximum Gasteiger partial charge on any atom is 0.219 e. The standard InChI is InChI=1S/C13H21NO/c1-8(15)14(2)13-11-4-9-3-10(6-11)7-12(13)5-9/h9-13H,3-7H2,1-2H3. The summed E-state index contributed by atoms with van der Waals surface area (Å²) in [4.78, 5) is 13.5. The van der Waals surface area contributed by atoms with Gasteiger partial charge in [-0.25, -0.2) is 0 Å². The molecule has 0 aromatic heterocycles. The Balaban J connectivity index is 1.83. The lowest BCUT2D eigenvalue weighted by molar-refractivity contribution is -0.138. The van der Waals surface area contributed by atoms with E-state index >= 15 is 0 Å². The first kappa shape index (κ1) is 9.68. The third-order valence-electron chi connectivity index (χ3n) is 5.12. The fraction of sp³-hybridized carbons (Fsp3) is 0.923. The van der Waals surface area contributed by atoms with E-state index in [9.17, 15) is 4.79 Å². The molecule has 4 saturated carbocycles. The fourth-order valence-corrected chi connectivity index (χ4v) is 4.74. The van der Waals surface area contributed by atoms with Crippen LogP contribution in [0.15, 0.2) is 0 Å². The molecule has 4 aliphatic rings. The van der Waals surface area contributed by atoms with Crippen molar-refractivity contribution >= 4 is 5.91 Å². The molecule has 0 heterocycles. The summed E-state index contributed by atoms with van der Waals surface area (Å²) in [6, 6.07) is 0.579. The van der Waals surface area contributed by atoms with Crippen LogP contribution in [0.2, 0.25) is 0 Å². The molecule has 0 unspecified atom stereocenters. The summed E-state index contributed by atoms with van der Waals surface area (Å²) in [5.41, 5.74) is 0. The van der Waals surface area contributed by atoms with E-state index in [0.29, 0.717) is 6.04 Å². The summed E-state index contributed by atoms with van der Waals surface area (Å²) in [6.07, 6.45) is 7.08. The van der Waals surface area contributed by atoms with Crippen LogP contribution >= 0.6 is 0 Å². The fourth-order valence-electron chi connectivity index (χ4n) is 4.74. The molecule has 0 aromatic rings. The Morgan fingerprint density at radius 1 is 1.00 bits per heavy atom. The first-order chi connectivity index (χ1) is 7.15. The monoisotopic (exact) mass is 207 g/mol. The summed E-state index contributed by atoms with van der Waals surface area (Å²) in [6.45, 7) is 1.71. The van der Waals surface area contributed by atoms with Gasteiger partial charge in [0.2, 0.25) is 5.91 Å². The van der Waals surface area contributed by atoms with Gasteiger partial charge in [-0.05, 0) is 55.8 Å². The minimum atomic E-state index is 0.257. The zero-order valence-electron chi connectivity index (χ0n) is 9.78. The van der Waals surface area contributed by atoms with Gasteiger partial charge < -0.3 is 4.90 Å². The summed E-state index contributed by atoms with van der Waals surface area (Å²) in [5.74, 6) is 3.92. The predicted molar refractivity (Wildman–Crippen MR) is 59.3 cm³/mol. The first-order valence-electron chi connectivity index (χ1n) is 6.38. The van der Waals surface area contributed by atoms with E-state index in [4.69, 9.17) is 0 Å². The molecule has 4 aliphatic carbocycles. The van der Waals surface area contributed by atoms with Crippen LogP contribution in [0, 0.1) is 23.7 Å². The van der Waals surface area contributed by atoms with E-state index in [0.717, 1.165) is 23.7 Å². The average molecular weight is 207 g/mol. The molecule has 0 atom stereocenters. The highest BCUT2D eigenvalue weighted by atomic mass is 16.2. The molecule has 2 nitrogen and oxygen atoms in total. The summed E-state index contributed by atoms with van der Waals surface area (Å²) in [5, 5.41) is 0. The van der Waals surface area contributed by atoms with Crippen LogP contribution in [0.3, 0.4) is 0 Å². The van der Waals surface area contributed by atoms with Gasteiger partial charge in [-0.1, -0.05) is 0 Å². The number of nitrogens with zero attached hydrogens (tertiary/aromatic N) is 1. The van der Waals surface area contributed by atoms with Gasteiger partial charge in [-0.2, -0.15) is 0 Å². The third kappa shape index (κ3) is 1.41. The molecule has 4 rings (SSSR count). The molecule has 4 fully saturated rings. The van der Waals surface area contributed by atoms with E-state index in [1.165, 1.54) is 32.1 Å². The van der Waals surface area contributed by atoms with E-state index in [2.05, 4.69) is 0 Å². The van der Waals surface area contributed by atoms with Gasteiger partial charge in [0.15, 0.2) is 0 Å². The second kappa shape index (κ2) is 3.23. The molecule has 0 saturated heterocycles. The number of amides is 1. The van der Waals surface area contributed by atoms with Crippen LogP contribution < -0.4 is 0 Å². The lowest BCUT2D eigenvalue weighted by Crippen LogP contribution is -2.55. The molecule has 4 bridgehead atoms. The van der Waals surface area contributed by atoms with E-state index in [-0.39, 0.29) is 5.91 Å². The van der Waals surface area contributed by atoms with Gasteiger partial charge in [-0.3, -0.25) is 4.79 Å². The number of hydrogen-bond donors (Lipinski definition) is 0. The minimum Gasteiger partial charge on any atom is -0.342 e. The maximum absolute atomic E-state index is 11.5. The predicted octanol–water partition coefficient (Wildman–Crippen LogP) is 2.29. The highest BCUT2D eigenvalue weighted by Gasteiger charge is 2.49. The van der Waals surface area contributed by atoms with Crippen molar-refractivity contribution in [1.82, 2.24) is 4.90 Å². The van der Waals surface area contributed by atoms with Crippen molar-refractivity contribution in [2.75, 3.05) is 7.05 Å². The minimum absolute atomic E-state index is 0.257. The van der Waals surface area contributed by atoms with Crippen LogP contribution in [0.4, 0.5) is 0 Å². The molecule has 0 radical (unpaired) electrons. The normalized spacial score (nSPS) is 46.9. The summed E-state index contributed by atoms with van der Waals surface area (Å²) < 4.78 is 0. The summed E-state index contributed by atoms with van der Waals surface area (Å²) >= 11 is 0. The Kier molecular flexibility index (Phi) is 2.08. The second-order valence-electron chi connectivity index (χ2n) is 6.05. The zero-order valence-corrected chi connectivity index (χ0v) is 9.78. The topological polar surface area (TPSA) is 20.3 Å². The highest BCUT2D eigenvalue weighted by molar-refractivity contribution is 5.73. The van der Waals surface area contributed by atoms with E-state index in [1.807, 2.05) is 11.9 Å². The van der Waals surface area contributed by atoms with Crippen molar-refractivity contribution in [3.05, 3.63) is 0 Å². The lowest BCUT2D eigenvalue weighted by atomic mass is 9.54. The average Bonchev–Trinajstić information content (AvgIpc) is 2.15. The van der Waals surface area contributed by atoms with Crippen molar-refractivity contribution < 1.29 is 4.79 Å². The Morgan fingerprint density at radius 2 is 1.47 bits per heavy atom. The molecule has 84 valence electrons. The van der Waals surface area contributed by atoms with Gasteiger partial charge in [0.1, 0.15) is 0 Å². The van der Waals surface area contributed by atoms with Gasteiger partial charge in [0, 0.05) is 20.0 Å². The molecule has 0 spiro atoms. The number of carbonyl (C=O) groups excluding carboxylic acids is 1. The first-order valence-corrected chi connectivity index (χ1v) is 6.38. The van der Waals surface area contributed by atoms with Crippen LogP contribution in [0.25, 0.3) is 0 Å². The van der Waals surface area contributed by atoms with Crippen molar-refractivity contribution in [2.45, 2.75) is 45.1 Å². The zero-order chi connectivity index (χ0) is 10.6. The largest absolute Gasteiger partial charge is 0.342 e.